The molecule has 0 saturated carbocycles. The van der Waals surface area contributed by atoms with Gasteiger partial charge in [0.25, 0.3) is 5.91 Å². The van der Waals surface area contributed by atoms with E-state index in [1.54, 1.807) is 6.07 Å². The van der Waals surface area contributed by atoms with Crippen LogP contribution in [-0.2, 0) is 17.9 Å². The fourth-order valence-corrected chi connectivity index (χ4v) is 3.18. The molecule has 0 spiro atoms. The second-order valence-corrected chi connectivity index (χ2v) is 8.81. The van der Waals surface area contributed by atoms with Crippen LogP contribution in [0.5, 0.6) is 0 Å². The summed E-state index contributed by atoms with van der Waals surface area (Å²) in [4.78, 5) is 26.9. The Labute approximate surface area is 180 Å². The number of carbonyl (C=O) groups excluding carboxylic acids is 2. The van der Waals surface area contributed by atoms with Gasteiger partial charge in [0.1, 0.15) is 5.76 Å². The van der Waals surface area contributed by atoms with Crippen LogP contribution in [0.25, 0.3) is 0 Å². The summed E-state index contributed by atoms with van der Waals surface area (Å²) in [7, 11) is 0. The summed E-state index contributed by atoms with van der Waals surface area (Å²) in [6.07, 6.45) is 3.47. The topological polar surface area (TPSA) is 67.5 Å². The van der Waals surface area contributed by atoms with Gasteiger partial charge in [0.05, 0.1) is 13.1 Å². The monoisotopic (exact) mass is 415 g/mol. The average molecular weight is 416 g/mol. The van der Waals surface area contributed by atoms with Crippen molar-refractivity contribution >= 4 is 11.8 Å². The Bertz CT molecular complexity index is 819. The normalized spacial score (nSPS) is 12.4. The van der Waals surface area contributed by atoms with Crippen molar-refractivity contribution in [2.75, 3.05) is 6.54 Å². The van der Waals surface area contributed by atoms with E-state index in [1.165, 1.54) is 0 Å². The lowest BCUT2D eigenvalue weighted by Crippen LogP contribution is -2.35. The van der Waals surface area contributed by atoms with Crippen molar-refractivity contribution in [1.29, 1.82) is 0 Å². The fraction of sp³-hybridized carbons (Fsp3) is 0.583. The summed E-state index contributed by atoms with van der Waals surface area (Å²) in [5.41, 5.74) is 1.05. The van der Waals surface area contributed by atoms with E-state index < -0.39 is 0 Å². The second kappa shape index (κ2) is 11.0. The maximum Gasteiger partial charge on any atom is 0.287 e. The van der Waals surface area contributed by atoms with Gasteiger partial charge in [-0.05, 0) is 49.4 Å². The van der Waals surface area contributed by atoms with Crippen LogP contribution in [0.2, 0.25) is 0 Å². The molecule has 0 fully saturated rings. The first-order valence-electron chi connectivity index (χ1n) is 11.0. The van der Waals surface area contributed by atoms with Gasteiger partial charge in [0.15, 0.2) is 5.76 Å². The number of aromatic nitrogens is 1. The molecule has 0 radical (unpaired) electrons. The summed E-state index contributed by atoms with van der Waals surface area (Å²) in [5, 5.41) is 2.96. The van der Waals surface area contributed by atoms with Crippen LogP contribution >= 0.6 is 0 Å². The van der Waals surface area contributed by atoms with Gasteiger partial charge < -0.3 is 19.2 Å². The van der Waals surface area contributed by atoms with Crippen LogP contribution in [0.15, 0.2) is 34.9 Å². The molecular weight excluding hydrogens is 378 g/mol. The first-order valence-corrected chi connectivity index (χ1v) is 11.0. The minimum atomic E-state index is -0.191. The van der Waals surface area contributed by atoms with Gasteiger partial charge in [0.2, 0.25) is 5.91 Å². The zero-order valence-electron chi connectivity index (χ0n) is 19.3. The highest BCUT2D eigenvalue weighted by atomic mass is 16.4. The Morgan fingerprint density at radius 3 is 2.50 bits per heavy atom. The highest BCUT2D eigenvalue weighted by molar-refractivity contribution is 5.91. The van der Waals surface area contributed by atoms with E-state index >= 15 is 0 Å². The molecule has 0 aliphatic rings. The number of amides is 2. The van der Waals surface area contributed by atoms with E-state index in [2.05, 4.69) is 44.5 Å². The molecule has 2 aromatic rings. The minimum Gasteiger partial charge on any atom is -0.454 e. The molecule has 0 aliphatic carbocycles. The van der Waals surface area contributed by atoms with Crippen LogP contribution in [0, 0.1) is 11.8 Å². The predicted octanol–water partition coefficient (Wildman–Crippen LogP) is 4.69. The third-order valence-electron chi connectivity index (χ3n) is 5.28. The first kappa shape index (κ1) is 23.8. The lowest BCUT2D eigenvalue weighted by Gasteiger charge is -2.24. The lowest BCUT2D eigenvalue weighted by molar-refractivity contribution is -0.132. The Balaban J connectivity index is 2.06. The molecular formula is C24H37N3O3. The van der Waals surface area contributed by atoms with Crippen molar-refractivity contribution in [2.24, 2.45) is 11.8 Å². The molecule has 30 heavy (non-hydrogen) atoms. The molecule has 1 unspecified atom stereocenters. The number of furan rings is 1. The summed E-state index contributed by atoms with van der Waals surface area (Å²) < 4.78 is 7.87. The minimum absolute atomic E-state index is 0.0787. The molecule has 6 nitrogen and oxygen atoms in total. The first-order chi connectivity index (χ1) is 14.2. The van der Waals surface area contributed by atoms with E-state index in [0.717, 1.165) is 18.7 Å². The van der Waals surface area contributed by atoms with Crippen molar-refractivity contribution < 1.29 is 14.0 Å². The smallest absolute Gasteiger partial charge is 0.287 e. The Morgan fingerprint density at radius 1 is 1.13 bits per heavy atom. The molecule has 1 atom stereocenters. The number of hydrogen-bond donors (Lipinski definition) is 1. The van der Waals surface area contributed by atoms with Crippen molar-refractivity contribution in [3.8, 4) is 0 Å². The number of rotatable bonds is 11. The summed E-state index contributed by atoms with van der Waals surface area (Å²) in [5.74, 6) is 1.74. The predicted molar refractivity (Wildman–Crippen MR) is 119 cm³/mol. The maximum absolute atomic E-state index is 12.6. The molecule has 2 rings (SSSR count). The third-order valence-corrected chi connectivity index (χ3v) is 5.28. The second-order valence-electron chi connectivity index (χ2n) is 8.81. The van der Waals surface area contributed by atoms with Gasteiger partial charge in [-0.1, -0.05) is 34.6 Å². The van der Waals surface area contributed by atoms with Crippen molar-refractivity contribution in [1.82, 2.24) is 14.8 Å². The summed E-state index contributed by atoms with van der Waals surface area (Å²) in [6.45, 7) is 14.2. The lowest BCUT2D eigenvalue weighted by atomic mass is 10.1. The highest BCUT2D eigenvalue weighted by Crippen LogP contribution is 2.15. The van der Waals surface area contributed by atoms with Gasteiger partial charge in [0, 0.05) is 30.9 Å². The van der Waals surface area contributed by atoms with Crippen LogP contribution in [0.1, 0.15) is 76.4 Å². The molecule has 0 aromatic carbocycles. The van der Waals surface area contributed by atoms with E-state index in [4.69, 9.17) is 4.42 Å². The van der Waals surface area contributed by atoms with Gasteiger partial charge >= 0.3 is 0 Å². The van der Waals surface area contributed by atoms with Crippen molar-refractivity contribution in [3.63, 3.8) is 0 Å². The number of nitrogens with one attached hydrogen (secondary N) is 1. The van der Waals surface area contributed by atoms with Gasteiger partial charge in [-0.2, -0.15) is 0 Å². The number of carbonyl (C=O) groups is 2. The van der Waals surface area contributed by atoms with Crippen molar-refractivity contribution in [2.45, 2.75) is 73.5 Å². The molecule has 166 valence electrons. The van der Waals surface area contributed by atoms with Gasteiger partial charge in [-0.3, -0.25) is 9.59 Å². The standard InChI is InChI=1S/C24H37N3O3/c1-7-12-27(23(28)14-17(2)3)15-20-9-8-13-26(20)16-21-10-11-22(30-21)24(29)25-19(6)18(4)5/h8-11,13,17-19H,7,12,14-16H2,1-6H3,(H,25,29). The Morgan fingerprint density at radius 2 is 1.87 bits per heavy atom. The van der Waals surface area contributed by atoms with Crippen molar-refractivity contribution in [3.05, 3.63) is 47.7 Å². The SMILES string of the molecule is CCCN(Cc1cccn1Cc1ccc(C(=O)NC(C)C(C)C)o1)C(=O)CC(C)C. The molecule has 0 bridgehead atoms. The van der Waals surface area contributed by atoms with E-state index in [1.807, 2.05) is 36.2 Å². The van der Waals surface area contributed by atoms with E-state index in [9.17, 15) is 9.59 Å². The van der Waals surface area contributed by atoms with Gasteiger partial charge in [-0.25, -0.2) is 0 Å². The number of nitrogens with zero attached hydrogens (tertiary/aromatic N) is 2. The van der Waals surface area contributed by atoms with E-state index in [0.29, 0.717) is 42.9 Å². The van der Waals surface area contributed by atoms with Crippen LogP contribution < -0.4 is 5.32 Å². The fourth-order valence-electron chi connectivity index (χ4n) is 3.18. The Hall–Kier alpha value is -2.50. The van der Waals surface area contributed by atoms with Crippen LogP contribution in [-0.4, -0.2) is 33.9 Å². The quantitative estimate of drug-likeness (QED) is 0.579. The highest BCUT2D eigenvalue weighted by Gasteiger charge is 2.18. The van der Waals surface area contributed by atoms with Crippen LogP contribution in [0.3, 0.4) is 0 Å². The number of hydrogen-bond acceptors (Lipinski definition) is 3. The largest absolute Gasteiger partial charge is 0.454 e. The molecule has 2 heterocycles. The summed E-state index contributed by atoms with van der Waals surface area (Å²) >= 11 is 0. The maximum atomic E-state index is 12.6. The van der Waals surface area contributed by atoms with E-state index in [-0.39, 0.29) is 17.9 Å². The molecule has 0 aliphatic heterocycles. The molecule has 2 aromatic heterocycles. The third kappa shape index (κ3) is 6.78. The van der Waals surface area contributed by atoms with Crippen LogP contribution in [0.4, 0.5) is 0 Å². The molecule has 0 saturated heterocycles. The molecule has 1 N–H and O–H groups in total. The zero-order valence-corrected chi connectivity index (χ0v) is 19.3. The zero-order chi connectivity index (χ0) is 22.3. The summed E-state index contributed by atoms with van der Waals surface area (Å²) in [6, 6.07) is 7.65. The Kier molecular flexibility index (Phi) is 8.75. The average Bonchev–Trinajstić information content (AvgIpc) is 3.30. The molecule has 2 amide bonds. The molecule has 6 heteroatoms. The van der Waals surface area contributed by atoms with Gasteiger partial charge in [-0.15, -0.1) is 0 Å².